The third kappa shape index (κ3) is 1.91. The molecular weight excluding hydrogens is 260 g/mol. The van der Waals surface area contributed by atoms with Gasteiger partial charge in [-0.15, -0.1) is 0 Å². The second-order valence-electron chi connectivity index (χ2n) is 5.19. The van der Waals surface area contributed by atoms with Crippen LogP contribution in [0.4, 0.5) is 0 Å². The van der Waals surface area contributed by atoms with Crippen molar-refractivity contribution in [3.05, 3.63) is 71.8 Å². The van der Waals surface area contributed by atoms with Crippen LogP contribution in [0.5, 0.6) is 0 Å². The molecule has 0 unspecified atom stereocenters. The first kappa shape index (κ1) is 13.1. The number of hydrogen-bond donors (Lipinski definition) is 0. The fourth-order valence-corrected chi connectivity index (χ4v) is 2.95. The van der Waals surface area contributed by atoms with Gasteiger partial charge in [0.2, 0.25) is 0 Å². The third-order valence-corrected chi connectivity index (χ3v) is 4.07. The van der Waals surface area contributed by atoms with Gasteiger partial charge in [-0.3, -0.25) is 4.79 Å². The van der Waals surface area contributed by atoms with E-state index in [9.17, 15) is 15.3 Å². The quantitative estimate of drug-likeness (QED) is 0.805. The lowest BCUT2D eigenvalue weighted by atomic mass is 10.0. The minimum atomic E-state index is -1.24. The molecule has 0 heterocycles. The van der Waals surface area contributed by atoms with Crippen LogP contribution < -0.4 is 0 Å². The Kier molecular flexibility index (Phi) is 3.05. The fourth-order valence-electron chi connectivity index (χ4n) is 2.95. The van der Waals surface area contributed by atoms with Gasteiger partial charge in [-0.2, -0.15) is 10.5 Å². The lowest BCUT2D eigenvalue weighted by molar-refractivity contribution is 0.0958. The minimum Gasteiger partial charge on any atom is -0.294 e. The molecule has 0 saturated heterocycles. The monoisotopic (exact) mass is 272 g/mol. The summed E-state index contributed by atoms with van der Waals surface area (Å²) in [5.41, 5.74) is 0.180. The molecule has 2 aromatic carbocycles. The van der Waals surface area contributed by atoms with E-state index in [1.807, 2.05) is 36.4 Å². The van der Waals surface area contributed by atoms with E-state index in [-0.39, 0.29) is 11.7 Å². The van der Waals surface area contributed by atoms with E-state index in [0.717, 1.165) is 5.56 Å². The Morgan fingerprint density at radius 2 is 1.43 bits per heavy atom. The zero-order valence-corrected chi connectivity index (χ0v) is 11.2. The maximum Gasteiger partial charge on any atom is 0.169 e. The summed E-state index contributed by atoms with van der Waals surface area (Å²) in [6, 6.07) is 22.3. The number of carbonyl (C=O) groups is 1. The highest BCUT2D eigenvalue weighted by atomic mass is 16.1. The van der Waals surface area contributed by atoms with E-state index in [2.05, 4.69) is 12.1 Å². The molecular formula is C18H12N2O. The van der Waals surface area contributed by atoms with Gasteiger partial charge in [0, 0.05) is 11.5 Å². The van der Waals surface area contributed by atoms with Gasteiger partial charge in [-0.1, -0.05) is 60.7 Å². The van der Waals surface area contributed by atoms with Crippen LogP contribution in [0.3, 0.4) is 0 Å². The Hall–Kier alpha value is -2.91. The number of carbonyl (C=O) groups excluding carboxylic acids is 1. The molecule has 1 aliphatic carbocycles. The van der Waals surface area contributed by atoms with Crippen molar-refractivity contribution >= 4 is 5.78 Å². The highest BCUT2D eigenvalue weighted by Crippen LogP contribution is 2.65. The molecule has 0 N–H and O–H groups in total. The highest BCUT2D eigenvalue weighted by molar-refractivity contribution is 6.02. The van der Waals surface area contributed by atoms with Crippen LogP contribution in [-0.2, 0) is 0 Å². The van der Waals surface area contributed by atoms with Crippen LogP contribution >= 0.6 is 0 Å². The highest BCUT2D eigenvalue weighted by Gasteiger charge is 2.70. The molecule has 1 saturated carbocycles. The van der Waals surface area contributed by atoms with Crippen LogP contribution in [-0.4, -0.2) is 5.78 Å². The average Bonchev–Trinajstić information content (AvgIpc) is 3.25. The van der Waals surface area contributed by atoms with E-state index in [1.54, 1.807) is 24.3 Å². The van der Waals surface area contributed by atoms with Crippen molar-refractivity contribution in [2.45, 2.75) is 5.92 Å². The SMILES string of the molecule is N#CC1(C#N)[C@@H](C(=O)c2ccccc2)[C@@H]1c1ccccc1. The topological polar surface area (TPSA) is 64.7 Å². The van der Waals surface area contributed by atoms with Crippen molar-refractivity contribution in [2.75, 3.05) is 0 Å². The number of nitrogens with zero attached hydrogens (tertiary/aromatic N) is 2. The van der Waals surface area contributed by atoms with Gasteiger partial charge in [0.25, 0.3) is 0 Å². The third-order valence-electron chi connectivity index (χ3n) is 4.07. The summed E-state index contributed by atoms with van der Waals surface area (Å²) >= 11 is 0. The lowest BCUT2D eigenvalue weighted by Crippen LogP contribution is -2.08. The van der Waals surface area contributed by atoms with Crippen molar-refractivity contribution in [1.29, 1.82) is 10.5 Å². The predicted octanol–water partition coefficient (Wildman–Crippen LogP) is 3.32. The summed E-state index contributed by atoms with van der Waals surface area (Å²) in [4.78, 5) is 12.6. The second-order valence-corrected chi connectivity index (χ2v) is 5.19. The first-order valence-corrected chi connectivity index (χ1v) is 6.71. The van der Waals surface area contributed by atoms with Gasteiger partial charge < -0.3 is 0 Å². The molecule has 3 heteroatoms. The first-order valence-electron chi connectivity index (χ1n) is 6.71. The van der Waals surface area contributed by atoms with E-state index < -0.39 is 11.3 Å². The molecule has 21 heavy (non-hydrogen) atoms. The number of benzene rings is 2. The van der Waals surface area contributed by atoms with E-state index >= 15 is 0 Å². The minimum absolute atomic E-state index is 0.132. The molecule has 2 aromatic rings. The van der Waals surface area contributed by atoms with Crippen LogP contribution in [0.2, 0.25) is 0 Å². The fraction of sp³-hybridized carbons (Fsp3) is 0.167. The molecule has 0 aromatic heterocycles. The molecule has 1 aliphatic rings. The van der Waals surface area contributed by atoms with E-state index in [4.69, 9.17) is 0 Å². The molecule has 100 valence electrons. The first-order chi connectivity index (χ1) is 10.2. The van der Waals surface area contributed by atoms with E-state index in [0.29, 0.717) is 5.56 Å². The summed E-state index contributed by atoms with van der Waals surface area (Å²) in [6.45, 7) is 0. The van der Waals surface area contributed by atoms with Crippen LogP contribution in [0.25, 0.3) is 0 Å². The standard InChI is InChI=1S/C18H12N2O/c19-11-18(12-20)15(13-7-3-1-4-8-13)16(18)17(21)14-9-5-2-6-10-14/h1-10,15-16H/t15-,16+/m0/s1. The Bertz CT molecular complexity index is 739. The number of hydrogen-bond acceptors (Lipinski definition) is 3. The summed E-state index contributed by atoms with van der Waals surface area (Å²) in [7, 11) is 0. The Morgan fingerprint density at radius 1 is 0.905 bits per heavy atom. The van der Waals surface area contributed by atoms with Gasteiger partial charge >= 0.3 is 0 Å². The molecule has 0 amide bonds. The van der Waals surface area contributed by atoms with Crippen LogP contribution in [0, 0.1) is 34.0 Å². The van der Waals surface area contributed by atoms with Crippen molar-refractivity contribution < 1.29 is 4.79 Å². The van der Waals surface area contributed by atoms with Crippen LogP contribution in [0.1, 0.15) is 21.8 Å². The molecule has 2 atom stereocenters. The van der Waals surface area contributed by atoms with Crippen molar-refractivity contribution in [3.8, 4) is 12.1 Å². The van der Waals surface area contributed by atoms with Crippen molar-refractivity contribution in [1.82, 2.24) is 0 Å². The Balaban J connectivity index is 2.01. The number of rotatable bonds is 3. The maximum absolute atomic E-state index is 12.6. The molecule has 0 bridgehead atoms. The summed E-state index contributed by atoms with van der Waals surface area (Å²) < 4.78 is 0. The lowest BCUT2D eigenvalue weighted by Gasteiger charge is -1.99. The number of nitriles is 2. The zero-order valence-electron chi connectivity index (χ0n) is 11.2. The zero-order chi connectivity index (χ0) is 14.9. The smallest absolute Gasteiger partial charge is 0.169 e. The van der Waals surface area contributed by atoms with Gasteiger partial charge in [0.15, 0.2) is 11.2 Å². The molecule has 1 fully saturated rings. The van der Waals surface area contributed by atoms with Gasteiger partial charge in [0.1, 0.15) is 0 Å². The average molecular weight is 272 g/mol. The Morgan fingerprint density at radius 3 is 1.95 bits per heavy atom. The molecule has 0 radical (unpaired) electrons. The van der Waals surface area contributed by atoms with Gasteiger partial charge in [-0.05, 0) is 5.56 Å². The molecule has 3 rings (SSSR count). The second kappa shape index (κ2) is 4.89. The predicted molar refractivity (Wildman–Crippen MR) is 77.1 cm³/mol. The number of Topliss-reactive ketones (excluding diaryl/α,β-unsaturated/α-hetero) is 1. The van der Waals surface area contributed by atoms with Crippen molar-refractivity contribution in [3.63, 3.8) is 0 Å². The largest absolute Gasteiger partial charge is 0.294 e. The summed E-state index contributed by atoms with van der Waals surface area (Å²) in [5.74, 6) is -1.06. The normalized spacial score (nSPS) is 21.8. The molecule has 0 spiro atoms. The van der Waals surface area contributed by atoms with E-state index in [1.165, 1.54) is 0 Å². The summed E-state index contributed by atoms with van der Waals surface area (Å²) in [6.07, 6.45) is 0. The molecule has 0 aliphatic heterocycles. The number of ketones is 1. The van der Waals surface area contributed by atoms with Crippen molar-refractivity contribution in [2.24, 2.45) is 11.3 Å². The maximum atomic E-state index is 12.6. The van der Waals surface area contributed by atoms with Crippen LogP contribution in [0.15, 0.2) is 60.7 Å². The Labute approximate surface area is 123 Å². The van der Waals surface area contributed by atoms with Gasteiger partial charge in [-0.25, -0.2) is 0 Å². The summed E-state index contributed by atoms with van der Waals surface area (Å²) in [5, 5.41) is 18.9. The van der Waals surface area contributed by atoms with Gasteiger partial charge in [0.05, 0.1) is 18.1 Å². The molecule has 3 nitrogen and oxygen atoms in total.